The van der Waals surface area contributed by atoms with Gasteiger partial charge >= 0.3 is 0 Å². The Morgan fingerprint density at radius 2 is 2.00 bits per heavy atom. The topological polar surface area (TPSA) is 44.5 Å². The highest BCUT2D eigenvalue weighted by Crippen LogP contribution is 2.30. The quantitative estimate of drug-likeness (QED) is 0.846. The highest BCUT2D eigenvalue weighted by Gasteiger charge is 2.08. The molecule has 2 aromatic carbocycles. The molecule has 21 heavy (non-hydrogen) atoms. The number of halogens is 1. The van der Waals surface area contributed by atoms with E-state index >= 15 is 0 Å². The largest absolute Gasteiger partial charge is 0.457 e. The summed E-state index contributed by atoms with van der Waals surface area (Å²) in [6.07, 6.45) is 0.778. The van der Waals surface area contributed by atoms with E-state index in [1.165, 1.54) is 0 Å². The van der Waals surface area contributed by atoms with Gasteiger partial charge in [-0.25, -0.2) is 0 Å². The maximum absolute atomic E-state index is 6.04. The van der Waals surface area contributed by atoms with Crippen LogP contribution in [0.1, 0.15) is 18.1 Å². The first-order valence-corrected chi connectivity index (χ1v) is 7.67. The van der Waals surface area contributed by atoms with E-state index in [0.29, 0.717) is 6.61 Å². The molecule has 0 aliphatic rings. The number of benzene rings is 2. The van der Waals surface area contributed by atoms with Crippen LogP contribution in [-0.2, 0) is 17.8 Å². The maximum atomic E-state index is 6.04. The van der Waals surface area contributed by atoms with Gasteiger partial charge in [-0.05, 0) is 48.7 Å². The molecule has 0 heterocycles. The molecule has 2 rings (SSSR count). The molecule has 0 aromatic heterocycles. The van der Waals surface area contributed by atoms with Crippen LogP contribution in [0, 0.1) is 0 Å². The molecule has 0 aliphatic carbocycles. The fourth-order valence-corrected chi connectivity index (χ4v) is 2.47. The predicted octanol–water partition coefficient (Wildman–Crippen LogP) is 4.28. The Bertz CT molecular complexity index is 599. The second-order valence-corrected chi connectivity index (χ2v) is 6.03. The van der Waals surface area contributed by atoms with E-state index in [-0.39, 0.29) is 6.04 Å². The molecule has 0 aliphatic heterocycles. The van der Waals surface area contributed by atoms with Gasteiger partial charge in [0.2, 0.25) is 0 Å². The predicted molar refractivity (Wildman–Crippen MR) is 88.7 cm³/mol. The first kappa shape index (κ1) is 16.0. The van der Waals surface area contributed by atoms with Gasteiger partial charge in [0.15, 0.2) is 0 Å². The normalized spacial score (nSPS) is 12.2. The van der Waals surface area contributed by atoms with Crippen LogP contribution in [0.4, 0.5) is 0 Å². The molecule has 2 N–H and O–H groups in total. The zero-order chi connectivity index (χ0) is 15.2. The van der Waals surface area contributed by atoms with Crippen LogP contribution in [0.25, 0.3) is 0 Å². The Labute approximate surface area is 134 Å². The summed E-state index contributed by atoms with van der Waals surface area (Å²) in [5.41, 5.74) is 8.09. The number of methoxy groups -OCH3 is 1. The van der Waals surface area contributed by atoms with Gasteiger partial charge in [-0.3, -0.25) is 0 Å². The van der Waals surface area contributed by atoms with Gasteiger partial charge in [-0.2, -0.15) is 0 Å². The number of hydrogen-bond acceptors (Lipinski definition) is 3. The van der Waals surface area contributed by atoms with Crippen LogP contribution in [0.5, 0.6) is 11.5 Å². The van der Waals surface area contributed by atoms with Crippen molar-refractivity contribution < 1.29 is 9.47 Å². The Balaban J connectivity index is 2.25. The first-order valence-electron chi connectivity index (χ1n) is 6.88. The summed E-state index contributed by atoms with van der Waals surface area (Å²) in [5, 5.41) is 0. The Morgan fingerprint density at radius 1 is 1.19 bits per heavy atom. The van der Waals surface area contributed by atoms with Gasteiger partial charge in [-0.1, -0.05) is 34.1 Å². The zero-order valence-electron chi connectivity index (χ0n) is 12.3. The lowest BCUT2D eigenvalue weighted by molar-refractivity contribution is 0.184. The molecule has 0 saturated heterocycles. The molecule has 1 atom stereocenters. The lowest BCUT2D eigenvalue weighted by Crippen LogP contribution is -2.18. The van der Waals surface area contributed by atoms with Gasteiger partial charge in [0.1, 0.15) is 11.5 Å². The Hall–Kier alpha value is -1.36. The van der Waals surface area contributed by atoms with Gasteiger partial charge in [-0.15, -0.1) is 0 Å². The monoisotopic (exact) mass is 349 g/mol. The van der Waals surface area contributed by atoms with Crippen LogP contribution in [0.15, 0.2) is 46.9 Å². The SMILES string of the molecule is COCc1cccc(Oc2cc(Br)ccc2CC(C)N)c1. The fourth-order valence-electron chi connectivity index (χ4n) is 2.13. The molecule has 0 saturated carbocycles. The van der Waals surface area contributed by atoms with Crippen molar-refractivity contribution in [2.75, 3.05) is 7.11 Å². The summed E-state index contributed by atoms with van der Waals surface area (Å²) in [6.45, 7) is 2.56. The van der Waals surface area contributed by atoms with Crippen molar-refractivity contribution in [2.45, 2.75) is 26.0 Å². The van der Waals surface area contributed by atoms with Crippen LogP contribution in [0.3, 0.4) is 0 Å². The summed E-state index contributed by atoms with van der Waals surface area (Å²) in [4.78, 5) is 0. The minimum absolute atomic E-state index is 0.0911. The molecule has 1 unspecified atom stereocenters. The molecular formula is C17H20BrNO2. The molecule has 112 valence electrons. The van der Waals surface area contributed by atoms with Crippen molar-refractivity contribution in [3.8, 4) is 11.5 Å². The van der Waals surface area contributed by atoms with Crippen molar-refractivity contribution >= 4 is 15.9 Å². The standard InChI is InChI=1S/C17H20BrNO2/c1-12(19)8-14-6-7-15(18)10-17(14)21-16-5-3-4-13(9-16)11-20-2/h3-7,9-10,12H,8,11,19H2,1-2H3. The van der Waals surface area contributed by atoms with Crippen molar-refractivity contribution in [3.63, 3.8) is 0 Å². The summed E-state index contributed by atoms with van der Waals surface area (Å²) >= 11 is 3.48. The van der Waals surface area contributed by atoms with E-state index in [1.807, 2.05) is 49.4 Å². The fraction of sp³-hybridized carbons (Fsp3) is 0.294. The van der Waals surface area contributed by atoms with Crippen molar-refractivity contribution in [1.29, 1.82) is 0 Å². The van der Waals surface area contributed by atoms with Crippen molar-refractivity contribution in [3.05, 3.63) is 58.1 Å². The minimum atomic E-state index is 0.0911. The van der Waals surface area contributed by atoms with Crippen molar-refractivity contribution in [1.82, 2.24) is 0 Å². The highest BCUT2D eigenvalue weighted by atomic mass is 79.9. The van der Waals surface area contributed by atoms with Gasteiger partial charge in [0.25, 0.3) is 0 Å². The summed E-state index contributed by atoms with van der Waals surface area (Å²) in [5.74, 6) is 1.63. The average molecular weight is 350 g/mol. The van der Waals surface area contributed by atoms with E-state index < -0.39 is 0 Å². The third-order valence-corrected chi connectivity index (χ3v) is 3.50. The van der Waals surface area contributed by atoms with E-state index in [0.717, 1.165) is 33.5 Å². The second-order valence-electron chi connectivity index (χ2n) is 5.12. The molecule has 3 nitrogen and oxygen atoms in total. The van der Waals surface area contributed by atoms with Gasteiger partial charge in [0.05, 0.1) is 6.61 Å². The molecule has 0 amide bonds. The van der Waals surface area contributed by atoms with Crippen LogP contribution < -0.4 is 10.5 Å². The molecule has 0 radical (unpaired) electrons. The smallest absolute Gasteiger partial charge is 0.131 e. The zero-order valence-corrected chi connectivity index (χ0v) is 13.9. The Kier molecular flexibility index (Phi) is 5.79. The molecule has 0 fully saturated rings. The highest BCUT2D eigenvalue weighted by molar-refractivity contribution is 9.10. The van der Waals surface area contributed by atoms with E-state index in [9.17, 15) is 0 Å². The maximum Gasteiger partial charge on any atom is 0.131 e. The molecular weight excluding hydrogens is 330 g/mol. The number of rotatable bonds is 6. The van der Waals surface area contributed by atoms with Crippen LogP contribution in [-0.4, -0.2) is 13.2 Å². The Morgan fingerprint density at radius 3 is 2.71 bits per heavy atom. The van der Waals surface area contributed by atoms with E-state index in [1.54, 1.807) is 7.11 Å². The average Bonchev–Trinajstić information content (AvgIpc) is 2.42. The lowest BCUT2D eigenvalue weighted by Gasteiger charge is -2.14. The number of ether oxygens (including phenoxy) is 2. The summed E-state index contributed by atoms with van der Waals surface area (Å²) < 4.78 is 12.2. The van der Waals surface area contributed by atoms with Gasteiger partial charge in [0, 0.05) is 17.6 Å². The van der Waals surface area contributed by atoms with Gasteiger partial charge < -0.3 is 15.2 Å². The molecule has 0 spiro atoms. The van der Waals surface area contributed by atoms with Crippen LogP contribution >= 0.6 is 15.9 Å². The number of nitrogens with two attached hydrogens (primary N) is 1. The summed E-state index contributed by atoms with van der Waals surface area (Å²) in [6, 6.07) is 14.0. The number of hydrogen-bond donors (Lipinski definition) is 1. The van der Waals surface area contributed by atoms with Crippen molar-refractivity contribution in [2.24, 2.45) is 5.73 Å². The third kappa shape index (κ3) is 4.84. The summed E-state index contributed by atoms with van der Waals surface area (Å²) in [7, 11) is 1.68. The minimum Gasteiger partial charge on any atom is -0.457 e. The van der Waals surface area contributed by atoms with Crippen LogP contribution in [0.2, 0.25) is 0 Å². The molecule has 0 bridgehead atoms. The van der Waals surface area contributed by atoms with E-state index in [4.69, 9.17) is 15.2 Å². The lowest BCUT2D eigenvalue weighted by atomic mass is 10.1. The van der Waals surface area contributed by atoms with E-state index in [2.05, 4.69) is 15.9 Å². The second kappa shape index (κ2) is 7.59. The molecule has 4 heteroatoms. The third-order valence-electron chi connectivity index (χ3n) is 3.01. The molecule has 2 aromatic rings. The first-order chi connectivity index (χ1) is 10.1.